The highest BCUT2D eigenvalue weighted by Gasteiger charge is 2.04. The minimum absolute atomic E-state index is 0.315. The minimum atomic E-state index is 0.315. The third kappa shape index (κ3) is 3.01. The van der Waals surface area contributed by atoms with E-state index in [1.54, 1.807) is 0 Å². The van der Waals surface area contributed by atoms with Crippen LogP contribution in [0, 0.1) is 6.92 Å². The molecule has 0 saturated carbocycles. The second-order valence-corrected chi connectivity index (χ2v) is 3.64. The smallest absolute Gasteiger partial charge is 0.212 e. The maximum atomic E-state index is 5.60. The van der Waals surface area contributed by atoms with E-state index in [2.05, 4.69) is 15.4 Å². The molecule has 0 unspecified atom stereocenters. The van der Waals surface area contributed by atoms with Crippen LogP contribution in [0.15, 0.2) is 24.3 Å². The number of para-hydroxylation sites is 1. The number of aromatic nitrogens is 4. The van der Waals surface area contributed by atoms with Crippen LogP contribution in [-0.4, -0.2) is 26.8 Å². The summed E-state index contributed by atoms with van der Waals surface area (Å²) in [5.41, 5.74) is 6.48. The molecule has 2 rings (SSSR count). The molecule has 6 nitrogen and oxygen atoms in total. The van der Waals surface area contributed by atoms with Gasteiger partial charge in [-0.3, -0.25) is 0 Å². The predicted molar refractivity (Wildman–Crippen MR) is 62.4 cm³/mol. The molecule has 6 heteroatoms. The summed E-state index contributed by atoms with van der Waals surface area (Å²) in [7, 11) is 0. The molecule has 0 amide bonds. The number of aryl methyl sites for hydroxylation is 1. The van der Waals surface area contributed by atoms with E-state index in [-0.39, 0.29) is 0 Å². The monoisotopic (exact) mass is 233 g/mol. The number of nitrogens with two attached hydrogens (primary N) is 1. The van der Waals surface area contributed by atoms with Crippen LogP contribution in [0.25, 0.3) is 0 Å². The van der Waals surface area contributed by atoms with Gasteiger partial charge in [-0.25, -0.2) is 0 Å². The Morgan fingerprint density at radius 2 is 2.18 bits per heavy atom. The van der Waals surface area contributed by atoms with Gasteiger partial charge in [-0.05, 0) is 23.8 Å². The van der Waals surface area contributed by atoms with Gasteiger partial charge in [-0.15, -0.1) is 10.2 Å². The predicted octanol–water partition coefficient (Wildman–Crippen LogP) is 0.519. The maximum Gasteiger partial charge on any atom is 0.212 e. The molecule has 0 aliphatic carbocycles. The normalized spacial score (nSPS) is 10.5. The molecule has 0 atom stereocenters. The second kappa shape index (κ2) is 5.40. The van der Waals surface area contributed by atoms with Crippen LogP contribution < -0.4 is 10.5 Å². The van der Waals surface area contributed by atoms with Gasteiger partial charge in [0.25, 0.3) is 0 Å². The SMILES string of the molecule is Cc1ccccc1OCc1nnn(CCN)n1. The standard InChI is InChI=1S/C11H15N5O/c1-9-4-2-3-5-10(9)17-8-11-13-15-16(14-11)7-6-12/h2-5H,6-8,12H2,1H3. The quantitative estimate of drug-likeness (QED) is 0.814. The van der Waals surface area contributed by atoms with E-state index in [9.17, 15) is 0 Å². The molecule has 90 valence electrons. The lowest BCUT2D eigenvalue weighted by Crippen LogP contribution is -2.12. The number of ether oxygens (including phenoxy) is 1. The molecule has 0 saturated heterocycles. The first-order valence-electron chi connectivity index (χ1n) is 5.45. The number of tetrazole rings is 1. The van der Waals surface area contributed by atoms with Crippen LogP contribution >= 0.6 is 0 Å². The van der Waals surface area contributed by atoms with E-state index in [0.29, 0.717) is 25.5 Å². The summed E-state index contributed by atoms with van der Waals surface area (Å²) in [4.78, 5) is 1.47. The Morgan fingerprint density at radius 1 is 1.35 bits per heavy atom. The minimum Gasteiger partial charge on any atom is -0.485 e. The lowest BCUT2D eigenvalue weighted by molar-refractivity contribution is 0.293. The largest absolute Gasteiger partial charge is 0.485 e. The van der Waals surface area contributed by atoms with Crippen molar-refractivity contribution in [2.75, 3.05) is 6.54 Å². The average molecular weight is 233 g/mol. The van der Waals surface area contributed by atoms with Crippen LogP contribution in [0.1, 0.15) is 11.4 Å². The van der Waals surface area contributed by atoms with Crippen LogP contribution in [-0.2, 0) is 13.2 Å². The Kier molecular flexibility index (Phi) is 3.66. The van der Waals surface area contributed by atoms with E-state index >= 15 is 0 Å². The zero-order valence-electron chi connectivity index (χ0n) is 9.71. The summed E-state index contributed by atoms with van der Waals surface area (Å²) in [6.45, 7) is 3.37. The third-order valence-corrected chi connectivity index (χ3v) is 2.27. The molecular weight excluding hydrogens is 218 g/mol. The summed E-state index contributed by atoms with van der Waals surface area (Å²) in [6.07, 6.45) is 0. The van der Waals surface area contributed by atoms with Crippen LogP contribution in [0.3, 0.4) is 0 Å². The fraction of sp³-hybridized carbons (Fsp3) is 0.364. The van der Waals surface area contributed by atoms with Crippen LogP contribution in [0.2, 0.25) is 0 Å². The zero-order chi connectivity index (χ0) is 12.1. The average Bonchev–Trinajstić information content (AvgIpc) is 2.76. The molecule has 0 fully saturated rings. The Balaban J connectivity index is 1.95. The van der Waals surface area contributed by atoms with Crippen molar-refractivity contribution in [3.63, 3.8) is 0 Å². The van der Waals surface area contributed by atoms with Crippen molar-refractivity contribution in [1.29, 1.82) is 0 Å². The lowest BCUT2D eigenvalue weighted by atomic mass is 10.2. The van der Waals surface area contributed by atoms with Crippen molar-refractivity contribution in [2.45, 2.75) is 20.1 Å². The van der Waals surface area contributed by atoms with Gasteiger partial charge in [0, 0.05) is 6.54 Å². The number of hydrogen-bond donors (Lipinski definition) is 1. The highest BCUT2D eigenvalue weighted by molar-refractivity contribution is 5.31. The van der Waals surface area contributed by atoms with Crippen LogP contribution in [0.4, 0.5) is 0 Å². The van der Waals surface area contributed by atoms with Crippen molar-refractivity contribution < 1.29 is 4.74 Å². The number of hydrogen-bond acceptors (Lipinski definition) is 5. The lowest BCUT2D eigenvalue weighted by Gasteiger charge is -2.05. The first kappa shape index (κ1) is 11.5. The number of benzene rings is 1. The van der Waals surface area contributed by atoms with Crippen molar-refractivity contribution in [1.82, 2.24) is 20.2 Å². The fourth-order valence-corrected chi connectivity index (χ4v) is 1.41. The van der Waals surface area contributed by atoms with E-state index in [0.717, 1.165) is 11.3 Å². The summed E-state index contributed by atoms with van der Waals surface area (Å²) in [5, 5.41) is 11.9. The molecular formula is C11H15N5O. The zero-order valence-corrected chi connectivity index (χ0v) is 9.71. The second-order valence-electron chi connectivity index (χ2n) is 3.64. The van der Waals surface area contributed by atoms with Crippen molar-refractivity contribution in [3.8, 4) is 5.75 Å². The molecule has 1 aromatic carbocycles. The van der Waals surface area contributed by atoms with Gasteiger partial charge in [-0.1, -0.05) is 18.2 Å². The summed E-state index contributed by atoms with van der Waals surface area (Å²) < 4.78 is 5.60. The van der Waals surface area contributed by atoms with Gasteiger partial charge < -0.3 is 10.5 Å². The maximum absolute atomic E-state index is 5.60. The first-order valence-corrected chi connectivity index (χ1v) is 5.45. The molecule has 0 bridgehead atoms. The van der Waals surface area contributed by atoms with Crippen molar-refractivity contribution >= 4 is 0 Å². The molecule has 0 radical (unpaired) electrons. The van der Waals surface area contributed by atoms with Gasteiger partial charge in [0.1, 0.15) is 5.75 Å². The fourth-order valence-electron chi connectivity index (χ4n) is 1.41. The Morgan fingerprint density at radius 3 is 2.94 bits per heavy atom. The highest BCUT2D eigenvalue weighted by Crippen LogP contribution is 2.16. The molecule has 17 heavy (non-hydrogen) atoms. The molecule has 0 aliphatic heterocycles. The Labute approximate surface area is 99.4 Å². The van der Waals surface area contributed by atoms with Gasteiger partial charge in [0.05, 0.1) is 6.54 Å². The molecule has 1 aromatic heterocycles. The molecule has 2 aromatic rings. The summed E-state index contributed by atoms with van der Waals surface area (Å²) in [6, 6.07) is 7.81. The molecule has 0 spiro atoms. The topological polar surface area (TPSA) is 78.9 Å². The molecule has 1 heterocycles. The van der Waals surface area contributed by atoms with E-state index in [4.69, 9.17) is 10.5 Å². The Bertz CT molecular complexity index is 482. The van der Waals surface area contributed by atoms with Crippen molar-refractivity contribution in [3.05, 3.63) is 35.7 Å². The van der Waals surface area contributed by atoms with Gasteiger partial charge >= 0.3 is 0 Å². The van der Waals surface area contributed by atoms with Gasteiger partial charge in [0.15, 0.2) is 6.61 Å². The summed E-state index contributed by atoms with van der Waals surface area (Å²) >= 11 is 0. The number of nitrogens with zero attached hydrogens (tertiary/aromatic N) is 4. The van der Waals surface area contributed by atoms with E-state index < -0.39 is 0 Å². The number of rotatable bonds is 5. The first-order chi connectivity index (χ1) is 8.29. The molecule has 2 N–H and O–H groups in total. The summed E-state index contributed by atoms with van der Waals surface area (Å²) in [5.74, 6) is 1.39. The Hall–Kier alpha value is -1.95. The van der Waals surface area contributed by atoms with Crippen molar-refractivity contribution in [2.24, 2.45) is 5.73 Å². The van der Waals surface area contributed by atoms with E-state index in [1.165, 1.54) is 4.80 Å². The van der Waals surface area contributed by atoms with Gasteiger partial charge in [-0.2, -0.15) is 4.80 Å². The molecule has 0 aliphatic rings. The highest BCUT2D eigenvalue weighted by atomic mass is 16.5. The van der Waals surface area contributed by atoms with E-state index in [1.807, 2.05) is 31.2 Å². The third-order valence-electron chi connectivity index (χ3n) is 2.27. The van der Waals surface area contributed by atoms with Gasteiger partial charge in [0.2, 0.25) is 5.82 Å². The van der Waals surface area contributed by atoms with Crippen LogP contribution in [0.5, 0.6) is 5.75 Å².